The molecule has 11 nitrogen and oxygen atoms in total. The number of nitrogens with zero attached hydrogens (tertiary/aromatic N) is 5. The van der Waals surface area contributed by atoms with Crippen LogP contribution in [0.3, 0.4) is 0 Å². The van der Waals surface area contributed by atoms with Gasteiger partial charge in [0.25, 0.3) is 5.88 Å². The van der Waals surface area contributed by atoms with E-state index in [0.717, 1.165) is 22.9 Å². The van der Waals surface area contributed by atoms with E-state index in [2.05, 4.69) is 23.3 Å². The van der Waals surface area contributed by atoms with E-state index in [9.17, 15) is 4.79 Å². The van der Waals surface area contributed by atoms with E-state index in [1.807, 2.05) is 50.2 Å². The van der Waals surface area contributed by atoms with Gasteiger partial charge in [0.05, 0.1) is 18.2 Å². The fourth-order valence-electron chi connectivity index (χ4n) is 5.46. The number of hydrogen-bond donors (Lipinski definition) is 0. The summed E-state index contributed by atoms with van der Waals surface area (Å²) in [5.41, 5.74) is 0.986. The van der Waals surface area contributed by atoms with Crippen LogP contribution >= 0.6 is 11.8 Å². The summed E-state index contributed by atoms with van der Waals surface area (Å²) in [5.74, 6) is 0.584. The Hall–Kier alpha value is -3.32. The molecule has 0 unspecified atom stereocenters. The van der Waals surface area contributed by atoms with Crippen LogP contribution in [0.25, 0.3) is 21.9 Å². The summed E-state index contributed by atoms with van der Waals surface area (Å²) in [4.78, 5) is 21.8. The number of thioether (sulfide) groups is 1. The molecule has 12 heteroatoms. The molecule has 1 saturated heterocycles. The van der Waals surface area contributed by atoms with Gasteiger partial charge < -0.3 is 23.7 Å². The molecule has 42 heavy (non-hydrogen) atoms. The molecular formula is C30H35N5O6S. The lowest BCUT2D eigenvalue weighted by Crippen LogP contribution is -2.33. The summed E-state index contributed by atoms with van der Waals surface area (Å²) in [7, 11) is 0. The summed E-state index contributed by atoms with van der Waals surface area (Å²) in [6.45, 7) is 9.27. The molecule has 3 heterocycles. The van der Waals surface area contributed by atoms with E-state index in [1.165, 1.54) is 0 Å². The highest BCUT2D eigenvalue weighted by molar-refractivity contribution is 7.99. The van der Waals surface area contributed by atoms with Crippen LogP contribution in [0.5, 0.6) is 11.6 Å². The minimum atomic E-state index is -0.827. The number of carbonyl (C=O) groups excluding carboxylic acids is 1. The highest BCUT2D eigenvalue weighted by Gasteiger charge is 2.56. The summed E-state index contributed by atoms with van der Waals surface area (Å²) < 4.78 is 31.9. The zero-order valence-electron chi connectivity index (χ0n) is 24.4. The van der Waals surface area contributed by atoms with E-state index in [0.29, 0.717) is 34.4 Å². The molecule has 6 rings (SSSR count). The van der Waals surface area contributed by atoms with E-state index in [4.69, 9.17) is 33.7 Å². The first kappa shape index (κ1) is 28.8. The number of hydrogen-bond acceptors (Lipinski definition) is 11. The lowest BCUT2D eigenvalue weighted by atomic mass is 10.1. The summed E-state index contributed by atoms with van der Waals surface area (Å²) in [6, 6.07) is 13.7. The summed E-state index contributed by atoms with van der Waals surface area (Å²) in [5, 5.41) is 11.7. The normalized spacial score (nSPS) is 23.1. The zero-order valence-corrected chi connectivity index (χ0v) is 25.2. The Labute approximate surface area is 248 Å². The number of aromatic nitrogens is 5. The molecule has 1 aliphatic heterocycles. The van der Waals surface area contributed by atoms with Crippen LogP contribution in [0.15, 0.2) is 47.6 Å². The summed E-state index contributed by atoms with van der Waals surface area (Å²) >= 11 is 1.55. The van der Waals surface area contributed by atoms with Crippen LogP contribution in [0.4, 0.5) is 0 Å². The number of esters is 1. The Morgan fingerprint density at radius 2 is 1.90 bits per heavy atom. The predicted molar refractivity (Wildman–Crippen MR) is 157 cm³/mol. The third-order valence-corrected chi connectivity index (χ3v) is 8.17. The highest BCUT2D eigenvalue weighted by atomic mass is 32.2. The second-order valence-electron chi connectivity index (χ2n) is 11.2. The molecule has 0 radical (unpaired) electrons. The Balaban J connectivity index is 1.33. The molecule has 0 N–H and O–H groups in total. The van der Waals surface area contributed by atoms with Crippen molar-refractivity contribution in [3.8, 4) is 11.6 Å². The van der Waals surface area contributed by atoms with E-state index >= 15 is 0 Å². The van der Waals surface area contributed by atoms with Gasteiger partial charge in [-0.1, -0.05) is 54.2 Å². The first-order valence-corrected chi connectivity index (χ1v) is 15.3. The molecule has 222 valence electrons. The SMILES string of the molecule is CCCSc1nc(Oc2ccc3ccccc3c2)c2nnn([C@@H]3C[C@H](OCC(=O)OC(C)C)[C@H]4OC(C)(C)O[C@H]43)c2n1. The first-order chi connectivity index (χ1) is 20.2. The van der Waals surface area contributed by atoms with Crippen LogP contribution in [-0.2, 0) is 23.7 Å². The van der Waals surface area contributed by atoms with Crippen molar-refractivity contribution in [1.29, 1.82) is 0 Å². The fourth-order valence-corrected chi connectivity index (χ4v) is 6.15. The van der Waals surface area contributed by atoms with Crippen LogP contribution in [-0.4, -0.2) is 73.5 Å². The van der Waals surface area contributed by atoms with Crippen molar-refractivity contribution in [1.82, 2.24) is 25.0 Å². The third-order valence-electron chi connectivity index (χ3n) is 7.12. The largest absolute Gasteiger partial charge is 0.461 e. The number of fused-ring (bicyclic) bond motifs is 3. The van der Waals surface area contributed by atoms with Gasteiger partial charge in [0.15, 0.2) is 22.1 Å². The minimum Gasteiger partial charge on any atom is -0.461 e. The smallest absolute Gasteiger partial charge is 0.332 e. The average Bonchev–Trinajstić information content (AvgIpc) is 3.61. The molecule has 4 aromatic rings. The highest BCUT2D eigenvalue weighted by Crippen LogP contribution is 2.46. The van der Waals surface area contributed by atoms with Crippen LogP contribution in [0.1, 0.15) is 53.5 Å². The summed E-state index contributed by atoms with van der Waals surface area (Å²) in [6.07, 6.45) is 0.0333. The van der Waals surface area contributed by atoms with E-state index in [-0.39, 0.29) is 24.9 Å². The quantitative estimate of drug-likeness (QED) is 0.132. The van der Waals surface area contributed by atoms with Gasteiger partial charge in [-0.25, -0.2) is 14.5 Å². The van der Waals surface area contributed by atoms with Crippen molar-refractivity contribution in [3.63, 3.8) is 0 Å². The molecule has 1 saturated carbocycles. The zero-order chi connectivity index (χ0) is 29.4. The van der Waals surface area contributed by atoms with Crippen molar-refractivity contribution in [2.75, 3.05) is 12.4 Å². The average molecular weight is 594 g/mol. The van der Waals surface area contributed by atoms with Gasteiger partial charge in [0.2, 0.25) is 0 Å². The molecule has 2 aromatic carbocycles. The predicted octanol–water partition coefficient (Wildman–Crippen LogP) is 5.47. The maximum Gasteiger partial charge on any atom is 0.332 e. The molecular weight excluding hydrogens is 558 g/mol. The number of ether oxygens (including phenoxy) is 5. The van der Waals surface area contributed by atoms with Crippen LogP contribution < -0.4 is 4.74 Å². The second-order valence-corrected chi connectivity index (χ2v) is 12.3. The topological polar surface area (TPSA) is 120 Å². The number of benzene rings is 2. The Morgan fingerprint density at radius 1 is 1.12 bits per heavy atom. The van der Waals surface area contributed by atoms with Crippen LogP contribution in [0, 0.1) is 0 Å². The molecule has 0 amide bonds. The Bertz CT molecular complexity index is 1590. The first-order valence-electron chi connectivity index (χ1n) is 14.3. The monoisotopic (exact) mass is 593 g/mol. The van der Waals surface area contributed by atoms with Gasteiger partial charge >= 0.3 is 5.97 Å². The van der Waals surface area contributed by atoms with Gasteiger partial charge in [-0.2, -0.15) is 4.98 Å². The number of carbonyl (C=O) groups is 1. The minimum absolute atomic E-state index is 0.176. The van der Waals surface area contributed by atoms with E-state index < -0.39 is 24.0 Å². The maximum atomic E-state index is 12.2. The second kappa shape index (κ2) is 11.8. The molecule has 2 aliphatic rings. The van der Waals surface area contributed by atoms with Crippen LogP contribution in [0.2, 0.25) is 0 Å². The molecule has 2 aromatic heterocycles. The molecule has 4 atom stereocenters. The molecule has 0 bridgehead atoms. The lowest BCUT2D eigenvalue weighted by molar-refractivity contribution is -0.175. The van der Waals surface area contributed by atoms with Crippen molar-refractivity contribution in [3.05, 3.63) is 42.5 Å². The van der Waals surface area contributed by atoms with Crippen molar-refractivity contribution < 1.29 is 28.5 Å². The molecule has 0 spiro atoms. The van der Waals surface area contributed by atoms with Gasteiger partial charge in [-0.3, -0.25) is 0 Å². The fraction of sp³-hybridized carbons (Fsp3) is 0.500. The Morgan fingerprint density at radius 3 is 2.69 bits per heavy atom. The van der Waals surface area contributed by atoms with Gasteiger partial charge in [-0.15, -0.1) is 5.10 Å². The number of rotatable bonds is 10. The molecule has 2 fully saturated rings. The van der Waals surface area contributed by atoms with Crippen molar-refractivity contribution >= 4 is 39.7 Å². The van der Waals surface area contributed by atoms with Crippen molar-refractivity contribution in [2.45, 2.75) is 88.9 Å². The maximum absolute atomic E-state index is 12.2. The van der Waals surface area contributed by atoms with Gasteiger partial charge in [0, 0.05) is 12.2 Å². The van der Waals surface area contributed by atoms with Gasteiger partial charge in [0.1, 0.15) is 24.6 Å². The Kier molecular flexibility index (Phi) is 8.05. The standard InChI is InChI=1S/C30H35N5O6S/c1-6-13-42-29-31-27-24(28(32-29)39-20-12-11-18-9-7-8-10-19(18)14-20)33-34-35(27)21-15-22(37-16-23(36)38-17(2)3)26-25(21)40-30(4,5)41-26/h7-12,14,17,21-22,25-26H,6,13,15-16H2,1-5H3/t21-,22+,25+,26-/m1/s1. The lowest BCUT2D eigenvalue weighted by Gasteiger charge is -2.23. The van der Waals surface area contributed by atoms with Gasteiger partial charge in [-0.05, 0) is 57.0 Å². The molecule has 1 aliphatic carbocycles. The van der Waals surface area contributed by atoms with E-state index in [1.54, 1.807) is 30.3 Å². The van der Waals surface area contributed by atoms with Crippen molar-refractivity contribution in [2.24, 2.45) is 0 Å². The third kappa shape index (κ3) is 5.94.